The molecule has 1 saturated heterocycles. The van der Waals surface area contributed by atoms with Crippen LogP contribution in [0.4, 0.5) is 0 Å². The van der Waals surface area contributed by atoms with Crippen molar-refractivity contribution in [3.05, 3.63) is 42.5 Å². The van der Waals surface area contributed by atoms with Crippen LogP contribution in [0.1, 0.15) is 18.9 Å². The largest absolute Gasteiger partial charge is 0.494 e. The van der Waals surface area contributed by atoms with Crippen LogP contribution in [-0.4, -0.2) is 35.5 Å². The van der Waals surface area contributed by atoms with Crippen molar-refractivity contribution in [1.82, 2.24) is 4.90 Å². The van der Waals surface area contributed by atoms with Gasteiger partial charge in [0.25, 0.3) is 0 Å². The number of rotatable bonds is 7. The SMILES string of the molecule is C=CC(=O)N(Cc1cccc(OCC)c1)CC1CCSC1. The smallest absolute Gasteiger partial charge is 0.246 e. The lowest BCUT2D eigenvalue weighted by Crippen LogP contribution is -2.33. The third kappa shape index (κ3) is 4.81. The number of ether oxygens (including phenoxy) is 1. The van der Waals surface area contributed by atoms with E-state index in [0.717, 1.165) is 23.6 Å². The first-order valence-electron chi connectivity index (χ1n) is 7.43. The number of thioether (sulfide) groups is 1. The third-order valence-electron chi connectivity index (χ3n) is 3.57. The molecule has 21 heavy (non-hydrogen) atoms. The molecule has 1 aliphatic rings. The molecule has 1 unspecified atom stereocenters. The second-order valence-corrected chi connectivity index (χ2v) is 6.38. The van der Waals surface area contributed by atoms with Gasteiger partial charge < -0.3 is 9.64 Å². The lowest BCUT2D eigenvalue weighted by Gasteiger charge is -2.24. The molecule has 0 aliphatic carbocycles. The summed E-state index contributed by atoms with van der Waals surface area (Å²) < 4.78 is 5.52. The number of benzene rings is 1. The Kier molecular flexibility index (Phi) is 6.18. The summed E-state index contributed by atoms with van der Waals surface area (Å²) in [6, 6.07) is 7.97. The first-order valence-corrected chi connectivity index (χ1v) is 8.59. The predicted octanol–water partition coefficient (Wildman–Crippen LogP) is 3.35. The van der Waals surface area contributed by atoms with Gasteiger partial charge in [0, 0.05) is 13.1 Å². The number of nitrogens with zero attached hydrogens (tertiary/aromatic N) is 1. The quantitative estimate of drug-likeness (QED) is 0.724. The van der Waals surface area contributed by atoms with Crippen molar-refractivity contribution < 1.29 is 9.53 Å². The van der Waals surface area contributed by atoms with Crippen molar-refractivity contribution in [1.29, 1.82) is 0 Å². The summed E-state index contributed by atoms with van der Waals surface area (Å²) in [7, 11) is 0. The molecule has 0 radical (unpaired) electrons. The highest BCUT2D eigenvalue weighted by atomic mass is 32.2. The topological polar surface area (TPSA) is 29.5 Å². The first-order chi connectivity index (χ1) is 10.2. The molecule has 114 valence electrons. The van der Waals surface area contributed by atoms with Gasteiger partial charge in [-0.3, -0.25) is 4.79 Å². The molecule has 1 amide bonds. The van der Waals surface area contributed by atoms with Crippen LogP contribution < -0.4 is 4.74 Å². The van der Waals surface area contributed by atoms with E-state index in [1.165, 1.54) is 18.2 Å². The van der Waals surface area contributed by atoms with E-state index in [2.05, 4.69) is 6.58 Å². The molecular formula is C17H23NO2S. The van der Waals surface area contributed by atoms with E-state index in [-0.39, 0.29) is 5.91 Å². The fourth-order valence-corrected chi connectivity index (χ4v) is 3.79. The predicted molar refractivity (Wildman–Crippen MR) is 88.7 cm³/mol. The maximum Gasteiger partial charge on any atom is 0.246 e. The van der Waals surface area contributed by atoms with E-state index >= 15 is 0 Å². The molecule has 0 spiro atoms. The molecule has 1 heterocycles. The minimum Gasteiger partial charge on any atom is -0.494 e. The Bertz CT molecular complexity index is 483. The van der Waals surface area contributed by atoms with Gasteiger partial charge in [-0.15, -0.1) is 0 Å². The van der Waals surface area contributed by atoms with Crippen molar-refractivity contribution in [2.75, 3.05) is 24.7 Å². The molecule has 0 bridgehead atoms. The van der Waals surface area contributed by atoms with E-state index in [0.29, 0.717) is 19.1 Å². The van der Waals surface area contributed by atoms with Crippen LogP contribution in [0.5, 0.6) is 5.75 Å². The van der Waals surface area contributed by atoms with Gasteiger partial charge in [0.2, 0.25) is 5.91 Å². The second kappa shape index (κ2) is 8.13. The van der Waals surface area contributed by atoms with Crippen LogP contribution in [0, 0.1) is 5.92 Å². The summed E-state index contributed by atoms with van der Waals surface area (Å²) in [4.78, 5) is 14.0. The summed E-state index contributed by atoms with van der Waals surface area (Å²) in [5.41, 5.74) is 1.10. The lowest BCUT2D eigenvalue weighted by molar-refractivity contribution is -0.127. The number of hydrogen-bond donors (Lipinski definition) is 0. The third-order valence-corrected chi connectivity index (χ3v) is 4.80. The number of amides is 1. The van der Waals surface area contributed by atoms with Crippen LogP contribution in [0.3, 0.4) is 0 Å². The Morgan fingerprint density at radius 2 is 2.43 bits per heavy atom. The zero-order valence-electron chi connectivity index (χ0n) is 12.6. The van der Waals surface area contributed by atoms with Crippen molar-refractivity contribution in [2.45, 2.75) is 19.9 Å². The van der Waals surface area contributed by atoms with Crippen molar-refractivity contribution in [3.63, 3.8) is 0 Å². The van der Waals surface area contributed by atoms with Crippen LogP contribution in [0.25, 0.3) is 0 Å². The number of carbonyl (C=O) groups excluding carboxylic acids is 1. The van der Waals surface area contributed by atoms with Gasteiger partial charge in [0.05, 0.1) is 6.61 Å². The Hall–Kier alpha value is -1.42. The van der Waals surface area contributed by atoms with E-state index in [1.807, 2.05) is 47.9 Å². The van der Waals surface area contributed by atoms with Gasteiger partial charge in [0.1, 0.15) is 5.75 Å². The van der Waals surface area contributed by atoms with E-state index in [9.17, 15) is 4.79 Å². The fraction of sp³-hybridized carbons (Fsp3) is 0.471. The molecule has 0 aromatic heterocycles. The first kappa shape index (κ1) is 16.0. The van der Waals surface area contributed by atoms with Gasteiger partial charge in [0.15, 0.2) is 0 Å². The van der Waals surface area contributed by atoms with Crippen molar-refractivity contribution in [2.24, 2.45) is 5.92 Å². The zero-order valence-corrected chi connectivity index (χ0v) is 13.4. The van der Waals surface area contributed by atoms with Gasteiger partial charge in [-0.1, -0.05) is 18.7 Å². The highest BCUT2D eigenvalue weighted by Gasteiger charge is 2.21. The van der Waals surface area contributed by atoms with Crippen molar-refractivity contribution in [3.8, 4) is 5.75 Å². The molecule has 3 nitrogen and oxygen atoms in total. The normalized spacial score (nSPS) is 17.5. The minimum atomic E-state index is 0.00807. The summed E-state index contributed by atoms with van der Waals surface area (Å²) >= 11 is 1.98. The van der Waals surface area contributed by atoms with Crippen LogP contribution in [-0.2, 0) is 11.3 Å². The molecule has 1 fully saturated rings. The van der Waals surface area contributed by atoms with E-state index in [1.54, 1.807) is 0 Å². The Morgan fingerprint density at radius 3 is 3.10 bits per heavy atom. The Morgan fingerprint density at radius 1 is 1.57 bits per heavy atom. The maximum atomic E-state index is 12.1. The average Bonchev–Trinajstić information content (AvgIpc) is 2.99. The molecule has 2 rings (SSSR count). The molecule has 0 N–H and O–H groups in total. The second-order valence-electron chi connectivity index (χ2n) is 5.23. The van der Waals surface area contributed by atoms with Gasteiger partial charge in [-0.25, -0.2) is 0 Å². The molecule has 1 atom stereocenters. The summed E-state index contributed by atoms with van der Waals surface area (Å²) in [5.74, 6) is 3.83. The average molecular weight is 305 g/mol. The van der Waals surface area contributed by atoms with Gasteiger partial charge >= 0.3 is 0 Å². The molecule has 1 aromatic carbocycles. The molecular weight excluding hydrogens is 282 g/mol. The summed E-state index contributed by atoms with van der Waals surface area (Å²) in [5, 5.41) is 0. The van der Waals surface area contributed by atoms with Crippen LogP contribution in [0.2, 0.25) is 0 Å². The fourth-order valence-electron chi connectivity index (χ4n) is 2.52. The maximum absolute atomic E-state index is 12.1. The Balaban J connectivity index is 2.04. The molecule has 0 saturated carbocycles. The highest BCUT2D eigenvalue weighted by Crippen LogP contribution is 2.25. The number of hydrogen-bond acceptors (Lipinski definition) is 3. The summed E-state index contributed by atoms with van der Waals surface area (Å²) in [6.07, 6.45) is 2.61. The van der Waals surface area contributed by atoms with Gasteiger partial charge in [-0.05, 0) is 54.5 Å². The van der Waals surface area contributed by atoms with E-state index < -0.39 is 0 Å². The monoisotopic (exact) mass is 305 g/mol. The lowest BCUT2D eigenvalue weighted by atomic mass is 10.1. The summed E-state index contributed by atoms with van der Waals surface area (Å²) in [6.45, 7) is 7.68. The number of carbonyl (C=O) groups is 1. The van der Waals surface area contributed by atoms with Gasteiger partial charge in [-0.2, -0.15) is 11.8 Å². The van der Waals surface area contributed by atoms with Crippen LogP contribution >= 0.6 is 11.8 Å². The molecule has 1 aliphatic heterocycles. The standard InChI is InChI=1S/C17H23NO2S/c1-3-17(19)18(12-15-8-9-21-13-15)11-14-6-5-7-16(10-14)20-4-2/h3,5-7,10,15H,1,4,8-9,11-13H2,2H3. The molecule has 4 heteroatoms. The molecule has 1 aromatic rings. The van der Waals surface area contributed by atoms with Crippen LogP contribution in [0.15, 0.2) is 36.9 Å². The van der Waals surface area contributed by atoms with E-state index in [4.69, 9.17) is 4.74 Å². The Labute approximate surface area is 131 Å². The van der Waals surface area contributed by atoms with Crippen molar-refractivity contribution >= 4 is 17.7 Å². The minimum absolute atomic E-state index is 0.00807. The highest BCUT2D eigenvalue weighted by molar-refractivity contribution is 7.99. The zero-order chi connectivity index (χ0) is 15.1.